The minimum atomic E-state index is -0.740. The second-order valence-electron chi connectivity index (χ2n) is 5.50. The topological polar surface area (TPSA) is 93.7 Å². The van der Waals surface area contributed by atoms with Gasteiger partial charge in [0.05, 0.1) is 12.7 Å². The van der Waals surface area contributed by atoms with Gasteiger partial charge in [0.25, 0.3) is 11.8 Å². The average molecular weight is 391 g/mol. The van der Waals surface area contributed by atoms with Gasteiger partial charge in [-0.3, -0.25) is 14.4 Å². The van der Waals surface area contributed by atoms with Crippen molar-refractivity contribution in [2.24, 2.45) is 0 Å². The Labute approximate surface area is 161 Å². The molecule has 0 aliphatic rings. The molecule has 0 saturated carbocycles. The molecule has 2 N–H and O–H groups in total. The van der Waals surface area contributed by atoms with Crippen LogP contribution in [0.3, 0.4) is 0 Å². The van der Waals surface area contributed by atoms with E-state index in [-0.39, 0.29) is 6.54 Å². The fourth-order valence-electron chi connectivity index (χ4n) is 2.21. The lowest BCUT2D eigenvalue weighted by Gasteiger charge is -2.11. The number of carbonyl (C=O) groups excluding carboxylic acids is 3. The van der Waals surface area contributed by atoms with E-state index in [4.69, 9.17) is 21.1 Å². The number of anilines is 1. The molecule has 7 nitrogen and oxygen atoms in total. The van der Waals surface area contributed by atoms with E-state index in [1.54, 1.807) is 49.4 Å². The molecule has 27 heavy (non-hydrogen) atoms. The maximum absolute atomic E-state index is 12.1. The Bertz CT molecular complexity index is 854. The normalized spacial score (nSPS) is 10.0. The number of hydrogen-bond donors (Lipinski definition) is 2. The van der Waals surface area contributed by atoms with Crippen molar-refractivity contribution in [3.8, 4) is 5.75 Å². The second-order valence-corrected chi connectivity index (χ2v) is 5.91. The molecular weight excluding hydrogens is 372 g/mol. The van der Waals surface area contributed by atoms with Crippen molar-refractivity contribution in [3.63, 3.8) is 0 Å². The van der Waals surface area contributed by atoms with Crippen molar-refractivity contribution in [3.05, 3.63) is 58.6 Å². The summed E-state index contributed by atoms with van der Waals surface area (Å²) in [5.41, 5.74) is 1.54. The number of benzene rings is 2. The molecule has 142 valence electrons. The van der Waals surface area contributed by atoms with Crippen molar-refractivity contribution in [1.82, 2.24) is 5.32 Å². The first-order valence-electron chi connectivity index (χ1n) is 8.04. The number of hydrogen-bond acceptors (Lipinski definition) is 5. The molecule has 2 aromatic carbocycles. The first-order valence-corrected chi connectivity index (χ1v) is 8.42. The largest absolute Gasteiger partial charge is 0.496 e. The number of methoxy groups -OCH3 is 1. The molecule has 2 aromatic rings. The van der Waals surface area contributed by atoms with E-state index in [2.05, 4.69) is 10.6 Å². The van der Waals surface area contributed by atoms with Gasteiger partial charge in [-0.1, -0.05) is 29.8 Å². The Balaban J connectivity index is 1.79. The van der Waals surface area contributed by atoms with Gasteiger partial charge in [0.15, 0.2) is 6.61 Å². The SMILES string of the molecule is COc1ccccc1C(=O)NCC(=O)OCC(=O)Nc1cccc(Cl)c1C. The standard InChI is InChI=1S/C19H19ClN2O5/c1-12-14(20)7-5-8-15(12)22-17(23)11-27-18(24)10-21-19(25)13-6-3-4-9-16(13)26-2/h3-9H,10-11H2,1-2H3,(H,21,25)(H,22,23). The summed E-state index contributed by atoms with van der Waals surface area (Å²) in [6.45, 7) is 0.910. The zero-order valence-electron chi connectivity index (χ0n) is 14.9. The highest BCUT2D eigenvalue weighted by atomic mass is 35.5. The number of rotatable bonds is 7. The monoisotopic (exact) mass is 390 g/mol. The molecule has 0 radical (unpaired) electrons. The summed E-state index contributed by atoms with van der Waals surface area (Å²) in [4.78, 5) is 35.7. The van der Waals surface area contributed by atoms with Crippen LogP contribution in [0.1, 0.15) is 15.9 Å². The first kappa shape index (κ1) is 20.3. The van der Waals surface area contributed by atoms with Gasteiger partial charge in [0.1, 0.15) is 12.3 Å². The molecule has 0 spiro atoms. The van der Waals surface area contributed by atoms with Crippen LogP contribution in [0.4, 0.5) is 5.69 Å². The average Bonchev–Trinajstić information content (AvgIpc) is 2.68. The summed E-state index contributed by atoms with van der Waals surface area (Å²) in [6, 6.07) is 11.7. The van der Waals surface area contributed by atoms with E-state index in [0.29, 0.717) is 27.6 Å². The number of para-hydroxylation sites is 1. The molecule has 0 fully saturated rings. The molecule has 0 unspecified atom stereocenters. The maximum Gasteiger partial charge on any atom is 0.325 e. The van der Waals surface area contributed by atoms with Crippen molar-refractivity contribution in [2.75, 3.05) is 25.6 Å². The van der Waals surface area contributed by atoms with Crippen LogP contribution in [0.2, 0.25) is 5.02 Å². The fourth-order valence-corrected chi connectivity index (χ4v) is 2.38. The summed E-state index contributed by atoms with van der Waals surface area (Å²) in [7, 11) is 1.45. The molecule has 0 bridgehead atoms. The highest BCUT2D eigenvalue weighted by Gasteiger charge is 2.14. The van der Waals surface area contributed by atoms with Crippen LogP contribution in [0, 0.1) is 6.92 Å². The Hall–Kier alpha value is -3.06. The van der Waals surface area contributed by atoms with E-state index in [9.17, 15) is 14.4 Å². The number of carbonyl (C=O) groups is 3. The van der Waals surface area contributed by atoms with Gasteiger partial charge in [0, 0.05) is 10.7 Å². The van der Waals surface area contributed by atoms with Crippen LogP contribution in [-0.4, -0.2) is 38.0 Å². The van der Waals surface area contributed by atoms with Gasteiger partial charge in [0.2, 0.25) is 0 Å². The molecule has 0 heterocycles. The van der Waals surface area contributed by atoms with Gasteiger partial charge >= 0.3 is 5.97 Å². The van der Waals surface area contributed by atoms with Crippen molar-refractivity contribution >= 4 is 35.1 Å². The minimum absolute atomic E-state index is 0.293. The smallest absolute Gasteiger partial charge is 0.325 e. The van der Waals surface area contributed by atoms with Crippen molar-refractivity contribution < 1.29 is 23.9 Å². The first-order chi connectivity index (χ1) is 12.9. The van der Waals surface area contributed by atoms with Gasteiger partial charge in [-0.2, -0.15) is 0 Å². The number of esters is 1. The third kappa shape index (κ3) is 5.72. The van der Waals surface area contributed by atoms with E-state index in [1.165, 1.54) is 7.11 Å². The lowest BCUT2D eigenvalue weighted by molar-refractivity contribution is -0.146. The van der Waals surface area contributed by atoms with Crippen molar-refractivity contribution in [2.45, 2.75) is 6.92 Å². The molecule has 0 aromatic heterocycles. The summed E-state index contributed by atoms with van der Waals surface area (Å²) in [5.74, 6) is -1.34. The quantitative estimate of drug-likeness (QED) is 0.709. The van der Waals surface area contributed by atoms with Crippen LogP contribution in [0.5, 0.6) is 5.75 Å². The third-order valence-electron chi connectivity index (χ3n) is 3.65. The van der Waals surface area contributed by atoms with E-state index < -0.39 is 24.4 Å². The molecule has 8 heteroatoms. The summed E-state index contributed by atoms with van der Waals surface area (Å²) < 4.78 is 9.95. The molecular formula is C19H19ClN2O5. The number of amides is 2. The highest BCUT2D eigenvalue weighted by molar-refractivity contribution is 6.31. The van der Waals surface area contributed by atoms with Crippen LogP contribution >= 0.6 is 11.6 Å². The van der Waals surface area contributed by atoms with Crippen LogP contribution in [-0.2, 0) is 14.3 Å². The van der Waals surface area contributed by atoms with Crippen molar-refractivity contribution in [1.29, 1.82) is 0 Å². The predicted molar refractivity (Wildman–Crippen MR) is 101 cm³/mol. The highest BCUT2D eigenvalue weighted by Crippen LogP contribution is 2.22. The minimum Gasteiger partial charge on any atom is -0.496 e. The summed E-state index contributed by atoms with van der Waals surface area (Å²) in [5, 5.41) is 5.55. The summed E-state index contributed by atoms with van der Waals surface area (Å²) >= 11 is 5.98. The van der Waals surface area contributed by atoms with Gasteiger partial charge in [-0.25, -0.2) is 0 Å². The lowest BCUT2D eigenvalue weighted by atomic mass is 10.2. The number of halogens is 1. The van der Waals surface area contributed by atoms with Crippen LogP contribution < -0.4 is 15.4 Å². The second kappa shape index (κ2) is 9.59. The zero-order valence-corrected chi connectivity index (χ0v) is 15.6. The Kier molecular flexibility index (Phi) is 7.19. The Morgan fingerprint density at radius 2 is 1.81 bits per heavy atom. The van der Waals surface area contributed by atoms with Gasteiger partial charge in [-0.15, -0.1) is 0 Å². The Morgan fingerprint density at radius 3 is 2.56 bits per heavy atom. The Morgan fingerprint density at radius 1 is 1.07 bits per heavy atom. The molecule has 0 aliphatic carbocycles. The molecule has 0 saturated heterocycles. The van der Waals surface area contributed by atoms with Gasteiger partial charge < -0.3 is 20.1 Å². The predicted octanol–water partition coefficient (Wildman–Crippen LogP) is 2.57. The van der Waals surface area contributed by atoms with E-state index >= 15 is 0 Å². The van der Waals surface area contributed by atoms with Crippen LogP contribution in [0.15, 0.2) is 42.5 Å². The molecule has 2 amide bonds. The molecule has 0 atom stereocenters. The van der Waals surface area contributed by atoms with E-state index in [0.717, 1.165) is 0 Å². The molecule has 0 aliphatic heterocycles. The molecule has 2 rings (SSSR count). The fraction of sp³-hybridized carbons (Fsp3) is 0.211. The van der Waals surface area contributed by atoms with E-state index in [1.807, 2.05) is 0 Å². The van der Waals surface area contributed by atoms with Gasteiger partial charge in [-0.05, 0) is 36.8 Å². The zero-order chi connectivity index (χ0) is 19.8. The lowest BCUT2D eigenvalue weighted by Crippen LogP contribution is -2.32. The number of ether oxygens (including phenoxy) is 2. The number of nitrogens with one attached hydrogen (secondary N) is 2. The summed E-state index contributed by atoms with van der Waals surface area (Å²) in [6.07, 6.45) is 0. The third-order valence-corrected chi connectivity index (χ3v) is 4.06. The van der Waals surface area contributed by atoms with Crippen LogP contribution in [0.25, 0.3) is 0 Å². The maximum atomic E-state index is 12.1.